The molecule has 0 amide bonds. The summed E-state index contributed by atoms with van der Waals surface area (Å²) in [7, 11) is 0. The average molecular weight is 739 g/mol. The Kier molecular flexibility index (Phi) is 3.82. The van der Waals surface area contributed by atoms with Gasteiger partial charge in [-0.05, 0) is 64.6 Å². The lowest BCUT2D eigenvalue weighted by atomic mass is 9.98. The van der Waals surface area contributed by atoms with E-state index in [4.69, 9.17) is 34.6 Å². The quantitative estimate of drug-likeness (QED) is 0.171. The minimum atomic E-state index is -0.951. The Bertz CT molecular complexity index is 4490. The van der Waals surface area contributed by atoms with E-state index >= 15 is 0 Å². The molecule has 11 rings (SSSR count). The topological polar surface area (TPSA) is 48.5 Å². The van der Waals surface area contributed by atoms with Crippen LogP contribution in [0.3, 0.4) is 0 Å². The van der Waals surface area contributed by atoms with Crippen molar-refractivity contribution in [3.63, 3.8) is 0 Å². The molecule has 3 aromatic heterocycles. The van der Waals surface area contributed by atoms with E-state index in [-0.39, 0.29) is 11.6 Å². The van der Waals surface area contributed by atoms with Crippen LogP contribution in [0.4, 0.5) is 0 Å². The van der Waals surface area contributed by atoms with Gasteiger partial charge in [-0.25, -0.2) is 4.98 Å². The predicted octanol–water partition coefficient (Wildman–Crippen LogP) is 12.7. The van der Waals surface area contributed by atoms with Crippen LogP contribution in [0.5, 0.6) is 0 Å². The molecule has 5 nitrogen and oxygen atoms in total. The van der Waals surface area contributed by atoms with E-state index in [9.17, 15) is 6.85 Å². The van der Waals surface area contributed by atoms with Gasteiger partial charge in [0.2, 0.25) is 5.95 Å². The summed E-state index contributed by atoms with van der Waals surface area (Å²) in [6, 6.07) is -0.674. The van der Waals surface area contributed by atoms with Gasteiger partial charge in [0.25, 0.3) is 0 Å². The van der Waals surface area contributed by atoms with Crippen LogP contribution >= 0.6 is 0 Å². The van der Waals surface area contributed by atoms with Crippen LogP contribution in [0.1, 0.15) is 31.5 Å². The Balaban J connectivity index is 1.24. The molecule has 11 aromatic rings. The van der Waals surface area contributed by atoms with Crippen LogP contribution in [0, 0.1) is 0 Å². The zero-order chi connectivity index (χ0) is 57.0. The molecule has 0 aliphatic heterocycles. The smallest absolute Gasteiger partial charge is 0.238 e. The highest BCUT2D eigenvalue weighted by atomic mass is 15.2. The fourth-order valence-corrected chi connectivity index (χ4v) is 6.81. The predicted molar refractivity (Wildman–Crippen MR) is 230 cm³/mol. The third-order valence-electron chi connectivity index (χ3n) is 9.20. The second kappa shape index (κ2) is 13.0. The van der Waals surface area contributed by atoms with Crippen LogP contribution < -0.4 is 0 Å². The zero-order valence-corrected chi connectivity index (χ0v) is 28.5. The molecule has 0 saturated carbocycles. The van der Waals surface area contributed by atoms with E-state index in [1.807, 2.05) is 12.1 Å². The summed E-state index contributed by atoms with van der Waals surface area (Å²) in [5, 5.41) is 2.39. The van der Waals surface area contributed by atoms with E-state index in [1.54, 1.807) is 48.5 Å². The van der Waals surface area contributed by atoms with Crippen molar-refractivity contribution in [2.24, 2.45) is 0 Å². The van der Waals surface area contributed by atoms with E-state index < -0.39 is 184 Å². The minimum absolute atomic E-state index is 0.160. The number of aromatic nitrogens is 5. The van der Waals surface area contributed by atoms with Crippen molar-refractivity contribution in [2.45, 2.75) is 0 Å². The largest absolute Gasteiger partial charge is 0.309 e. The summed E-state index contributed by atoms with van der Waals surface area (Å²) in [6.07, 6.45) is 0. The molecule has 0 radical (unpaired) electrons. The monoisotopic (exact) mass is 738 g/mol. The number of hydrogen-bond acceptors (Lipinski definition) is 3. The van der Waals surface area contributed by atoms with E-state index in [1.165, 1.54) is 9.13 Å². The molecule has 3 heterocycles. The third kappa shape index (κ3) is 5.29. The van der Waals surface area contributed by atoms with Crippen LogP contribution in [-0.2, 0) is 0 Å². The lowest BCUT2D eigenvalue weighted by Crippen LogP contribution is -2.06. The number of para-hydroxylation sites is 3. The standard InChI is InChI=1S/C51H33N5/c1-4-15-34(16-5-1)38-19-14-20-39(31-38)35-27-29-37(30-28-35)50-52-49(36-17-6-2-7-18-36)53-51(54-50)56-46-26-13-11-24-42(46)44-32-43-41-23-10-12-25-45(41)55(47(43)33-48(44)56)40-21-8-3-9-22-40/h1-33H/i1D,2D,3D,4D,5D,6D,7D,8D,9D,14D,15D,16D,17D,18D,19D,20D,21D,22D,27D,28D,29D,30D,31D. The molecule has 0 saturated heterocycles. The molecule has 262 valence electrons. The van der Waals surface area contributed by atoms with Crippen molar-refractivity contribution in [1.29, 1.82) is 0 Å². The Morgan fingerprint density at radius 1 is 0.357 bits per heavy atom. The van der Waals surface area contributed by atoms with Gasteiger partial charge in [-0.1, -0.05) is 157 Å². The van der Waals surface area contributed by atoms with Gasteiger partial charge in [-0.3, -0.25) is 4.57 Å². The molecule has 0 aliphatic rings. The van der Waals surface area contributed by atoms with Crippen LogP contribution in [0.25, 0.3) is 100 Å². The highest BCUT2D eigenvalue weighted by Crippen LogP contribution is 2.39. The summed E-state index contributed by atoms with van der Waals surface area (Å²) < 4.78 is 205. The van der Waals surface area contributed by atoms with Gasteiger partial charge in [0, 0.05) is 38.4 Å². The molecule has 0 atom stereocenters. The first kappa shape index (κ1) is 16.4. The summed E-state index contributed by atoms with van der Waals surface area (Å²) >= 11 is 0. The second-order valence-electron chi connectivity index (χ2n) is 12.3. The van der Waals surface area contributed by atoms with Gasteiger partial charge in [-0.15, -0.1) is 0 Å². The Morgan fingerprint density at radius 2 is 0.821 bits per heavy atom. The van der Waals surface area contributed by atoms with Gasteiger partial charge < -0.3 is 4.57 Å². The maximum absolute atomic E-state index is 9.49. The van der Waals surface area contributed by atoms with Crippen molar-refractivity contribution < 1.29 is 31.5 Å². The average Bonchev–Trinajstić information content (AvgIpc) is 4.16. The lowest BCUT2D eigenvalue weighted by Gasteiger charge is -2.12. The van der Waals surface area contributed by atoms with E-state index in [2.05, 4.69) is 4.98 Å². The van der Waals surface area contributed by atoms with Gasteiger partial charge in [0.1, 0.15) is 0 Å². The maximum Gasteiger partial charge on any atom is 0.238 e. The fraction of sp³-hybridized carbons (Fsp3) is 0. The Hall–Kier alpha value is -7.63. The fourth-order valence-electron chi connectivity index (χ4n) is 6.81. The number of rotatable bonds is 6. The molecule has 5 heteroatoms. The normalized spacial score (nSPS) is 17.3. The summed E-state index contributed by atoms with van der Waals surface area (Å²) in [5.41, 5.74) is -2.74. The van der Waals surface area contributed by atoms with E-state index in [0.717, 1.165) is 0 Å². The van der Waals surface area contributed by atoms with Crippen molar-refractivity contribution in [3.05, 3.63) is 200 Å². The highest BCUT2D eigenvalue weighted by molar-refractivity contribution is 6.19. The van der Waals surface area contributed by atoms with Gasteiger partial charge in [0.05, 0.1) is 53.6 Å². The first-order chi connectivity index (χ1) is 37.3. The molecule has 56 heavy (non-hydrogen) atoms. The van der Waals surface area contributed by atoms with Crippen molar-refractivity contribution in [1.82, 2.24) is 24.1 Å². The molecule has 0 unspecified atom stereocenters. The van der Waals surface area contributed by atoms with Crippen molar-refractivity contribution >= 4 is 43.6 Å². The Labute approximate surface area is 355 Å². The zero-order valence-electron chi connectivity index (χ0n) is 51.5. The summed E-state index contributed by atoms with van der Waals surface area (Å²) in [6.45, 7) is 0. The first-order valence-corrected chi connectivity index (χ1v) is 17.0. The van der Waals surface area contributed by atoms with Crippen LogP contribution in [0.15, 0.2) is 200 Å². The van der Waals surface area contributed by atoms with E-state index in [0.29, 0.717) is 43.6 Å². The van der Waals surface area contributed by atoms with Crippen molar-refractivity contribution in [3.8, 4) is 56.7 Å². The number of fused-ring (bicyclic) bond motifs is 6. The first-order valence-electron chi connectivity index (χ1n) is 28.5. The highest BCUT2D eigenvalue weighted by Gasteiger charge is 2.21. The summed E-state index contributed by atoms with van der Waals surface area (Å²) in [5.74, 6) is -1.60. The molecular weight excluding hydrogens is 683 g/mol. The van der Waals surface area contributed by atoms with Crippen LogP contribution in [-0.4, -0.2) is 24.1 Å². The van der Waals surface area contributed by atoms with Gasteiger partial charge in [0.15, 0.2) is 11.6 Å². The Morgan fingerprint density at radius 3 is 1.45 bits per heavy atom. The molecule has 0 spiro atoms. The number of hydrogen-bond donors (Lipinski definition) is 0. The molecule has 0 aliphatic carbocycles. The lowest BCUT2D eigenvalue weighted by molar-refractivity contribution is 0.953. The van der Waals surface area contributed by atoms with Gasteiger partial charge in [-0.2, -0.15) is 9.97 Å². The number of nitrogens with zero attached hydrogens (tertiary/aromatic N) is 5. The number of benzene rings is 8. The molecular formula is C51H33N5. The third-order valence-corrected chi connectivity index (χ3v) is 9.20. The molecule has 8 aromatic carbocycles. The SMILES string of the molecule is [2H]c1c([2H])c([2H])c(-c2nc(-c3c([2H])c([2H])c(-c4c([2H])c([2H])c([2H])c(-c5c([2H])c([2H])c([2H])c([2H])c5[2H])c4[2H])c([2H])c3[2H])nc(-n3c4ccccc4c4cc5c6ccccc6n(-c6c([2H])c([2H])c([2H])c([2H])c6[2H])c5cc43)n2)c([2H])c1[2H]. The maximum atomic E-state index is 9.49. The molecule has 0 fully saturated rings. The molecule has 0 bridgehead atoms. The molecule has 0 N–H and O–H groups in total. The second-order valence-corrected chi connectivity index (χ2v) is 12.3. The summed E-state index contributed by atoms with van der Waals surface area (Å²) in [4.78, 5) is 13.9. The van der Waals surface area contributed by atoms with Crippen molar-refractivity contribution in [2.75, 3.05) is 0 Å². The minimum Gasteiger partial charge on any atom is -0.309 e. The van der Waals surface area contributed by atoms with Crippen LogP contribution in [0.2, 0.25) is 0 Å². The van der Waals surface area contributed by atoms with Gasteiger partial charge >= 0.3 is 0 Å².